The molecule has 0 spiro atoms. The Morgan fingerprint density at radius 2 is 1.47 bits per heavy atom. The summed E-state index contributed by atoms with van der Waals surface area (Å²) in [7, 11) is 6.37. The Balaban J connectivity index is 1.68. The number of fused-ring (bicyclic) bond motifs is 3. The monoisotopic (exact) mass is 461 g/mol. The van der Waals surface area contributed by atoms with Crippen LogP contribution in [0.5, 0.6) is 28.7 Å². The number of carbonyl (C=O) groups is 1. The molecule has 1 saturated heterocycles. The first-order valence-corrected chi connectivity index (χ1v) is 11.1. The minimum absolute atomic E-state index is 0.0638. The lowest BCUT2D eigenvalue weighted by Crippen LogP contribution is -2.76. The second kappa shape index (κ2) is 8.48. The molecule has 2 aliphatic heterocycles. The van der Waals surface area contributed by atoms with Crippen molar-refractivity contribution in [3.8, 4) is 28.7 Å². The predicted molar refractivity (Wildman–Crippen MR) is 126 cm³/mol. The minimum atomic E-state index is -0.804. The number of methoxy groups -OCH3 is 4. The maximum Gasteiger partial charge on any atom is 0.268 e. The summed E-state index contributed by atoms with van der Waals surface area (Å²) in [5.41, 5.74) is 2.34. The summed E-state index contributed by atoms with van der Waals surface area (Å²) in [6.07, 6.45) is 0.0141. The van der Waals surface area contributed by atoms with Gasteiger partial charge in [-0.05, 0) is 35.2 Å². The molecule has 2 heterocycles. The third kappa shape index (κ3) is 3.15. The molecule has 34 heavy (non-hydrogen) atoms. The van der Waals surface area contributed by atoms with Crippen LogP contribution in [-0.2, 0) is 16.8 Å². The van der Waals surface area contributed by atoms with Crippen LogP contribution in [0.1, 0.15) is 16.7 Å². The van der Waals surface area contributed by atoms with Crippen molar-refractivity contribution >= 4 is 5.91 Å². The van der Waals surface area contributed by atoms with Gasteiger partial charge in [0.1, 0.15) is 22.8 Å². The van der Waals surface area contributed by atoms with E-state index >= 15 is 0 Å². The highest BCUT2D eigenvalue weighted by Crippen LogP contribution is 2.53. The van der Waals surface area contributed by atoms with Gasteiger partial charge in [0, 0.05) is 24.7 Å². The van der Waals surface area contributed by atoms with Crippen LogP contribution < -0.4 is 23.7 Å². The molecule has 2 atom stereocenters. The maximum atomic E-state index is 13.5. The standard InChI is InChI=1S/C27H27NO6/c1-30-19-14-20(31-2)16-21(15-19)34-25-26(29)28-12-11-17-7-5-6-8-22(17)27(25,28)18-9-10-23(32-3)24(13-18)33-4/h5-10,13-16,25H,11-12H2,1-4H3/t25-,27-/m1/s1. The van der Waals surface area contributed by atoms with Gasteiger partial charge in [-0.1, -0.05) is 30.3 Å². The average Bonchev–Trinajstić information content (AvgIpc) is 2.89. The second-order valence-electron chi connectivity index (χ2n) is 8.28. The number of ether oxygens (including phenoxy) is 5. The summed E-state index contributed by atoms with van der Waals surface area (Å²) < 4.78 is 28.3. The first-order chi connectivity index (χ1) is 16.6. The van der Waals surface area contributed by atoms with E-state index in [1.54, 1.807) is 46.6 Å². The molecule has 2 aliphatic rings. The third-order valence-corrected chi connectivity index (χ3v) is 6.73. The van der Waals surface area contributed by atoms with E-state index in [2.05, 4.69) is 12.1 Å². The molecule has 0 aromatic heterocycles. The van der Waals surface area contributed by atoms with Crippen molar-refractivity contribution in [2.24, 2.45) is 0 Å². The molecular formula is C27H27NO6. The molecule has 0 bridgehead atoms. The van der Waals surface area contributed by atoms with E-state index in [4.69, 9.17) is 23.7 Å². The molecule has 1 fully saturated rings. The molecule has 7 heteroatoms. The van der Waals surface area contributed by atoms with Crippen molar-refractivity contribution in [3.05, 3.63) is 77.4 Å². The number of hydrogen-bond donors (Lipinski definition) is 0. The molecule has 7 nitrogen and oxygen atoms in total. The number of nitrogens with zero attached hydrogens (tertiary/aromatic N) is 1. The molecule has 1 amide bonds. The van der Waals surface area contributed by atoms with Gasteiger partial charge in [0.2, 0.25) is 6.10 Å². The van der Waals surface area contributed by atoms with Gasteiger partial charge in [0.15, 0.2) is 11.5 Å². The first-order valence-electron chi connectivity index (χ1n) is 11.1. The lowest BCUT2D eigenvalue weighted by atomic mass is 9.66. The summed E-state index contributed by atoms with van der Waals surface area (Å²) in [5, 5.41) is 0. The van der Waals surface area contributed by atoms with Crippen LogP contribution >= 0.6 is 0 Å². The van der Waals surface area contributed by atoms with Gasteiger partial charge in [-0.25, -0.2) is 0 Å². The van der Waals surface area contributed by atoms with Gasteiger partial charge >= 0.3 is 0 Å². The highest BCUT2D eigenvalue weighted by Gasteiger charge is 2.65. The summed E-state index contributed by atoms with van der Waals surface area (Å²) in [5.74, 6) is 2.82. The van der Waals surface area contributed by atoms with Gasteiger partial charge in [-0.3, -0.25) is 4.79 Å². The number of hydrogen-bond acceptors (Lipinski definition) is 6. The Bertz CT molecular complexity index is 1220. The van der Waals surface area contributed by atoms with Gasteiger partial charge < -0.3 is 28.6 Å². The Morgan fingerprint density at radius 3 is 2.15 bits per heavy atom. The predicted octanol–water partition coefficient (Wildman–Crippen LogP) is 3.81. The van der Waals surface area contributed by atoms with Crippen molar-refractivity contribution in [3.63, 3.8) is 0 Å². The lowest BCUT2D eigenvalue weighted by Gasteiger charge is -2.59. The van der Waals surface area contributed by atoms with Crippen molar-refractivity contribution in [2.45, 2.75) is 18.1 Å². The fraction of sp³-hybridized carbons (Fsp3) is 0.296. The van der Waals surface area contributed by atoms with E-state index in [9.17, 15) is 4.79 Å². The van der Waals surface area contributed by atoms with Crippen LogP contribution in [0, 0.1) is 0 Å². The maximum absolute atomic E-state index is 13.5. The Morgan fingerprint density at radius 1 is 0.794 bits per heavy atom. The van der Waals surface area contributed by atoms with Crippen LogP contribution in [0.15, 0.2) is 60.7 Å². The Kier molecular flexibility index (Phi) is 5.48. The normalized spacial score (nSPS) is 20.5. The highest BCUT2D eigenvalue weighted by molar-refractivity contribution is 5.94. The summed E-state index contributed by atoms with van der Waals surface area (Å²) >= 11 is 0. The second-order valence-corrected chi connectivity index (χ2v) is 8.28. The van der Waals surface area contributed by atoms with Crippen LogP contribution in [-0.4, -0.2) is 51.9 Å². The molecule has 0 radical (unpaired) electrons. The lowest BCUT2D eigenvalue weighted by molar-refractivity contribution is -0.178. The zero-order chi connectivity index (χ0) is 23.9. The summed E-state index contributed by atoms with van der Waals surface area (Å²) in [4.78, 5) is 15.4. The average molecular weight is 462 g/mol. The van der Waals surface area contributed by atoms with Crippen molar-refractivity contribution < 1.29 is 28.5 Å². The summed E-state index contributed by atoms with van der Waals surface area (Å²) in [6, 6.07) is 19.3. The van der Waals surface area contributed by atoms with Crippen LogP contribution in [0.3, 0.4) is 0 Å². The van der Waals surface area contributed by atoms with Crippen molar-refractivity contribution in [1.29, 1.82) is 0 Å². The molecular weight excluding hydrogens is 434 g/mol. The van der Waals surface area contributed by atoms with Gasteiger partial charge in [-0.15, -0.1) is 0 Å². The van der Waals surface area contributed by atoms with E-state index in [0.717, 1.165) is 17.5 Å². The topological polar surface area (TPSA) is 66.5 Å². The minimum Gasteiger partial charge on any atom is -0.496 e. The SMILES string of the molecule is COc1cc(OC)cc(O[C@@H]2C(=O)N3CCc4ccccc4[C@]23c2ccc(OC)c(OC)c2)c1. The Hall–Kier alpha value is -3.87. The summed E-state index contributed by atoms with van der Waals surface area (Å²) in [6.45, 7) is 0.603. The quantitative estimate of drug-likeness (QED) is 0.499. The number of carbonyl (C=O) groups excluding carboxylic acids is 1. The molecule has 3 aromatic carbocycles. The van der Waals surface area contributed by atoms with E-state index in [1.807, 2.05) is 35.2 Å². The molecule has 5 rings (SSSR count). The van der Waals surface area contributed by atoms with Crippen LogP contribution in [0.4, 0.5) is 0 Å². The third-order valence-electron chi connectivity index (χ3n) is 6.73. The van der Waals surface area contributed by atoms with Crippen LogP contribution in [0.2, 0.25) is 0 Å². The number of benzene rings is 3. The smallest absolute Gasteiger partial charge is 0.268 e. The molecule has 0 N–H and O–H groups in total. The fourth-order valence-corrected chi connectivity index (χ4v) is 5.14. The fourth-order valence-electron chi connectivity index (χ4n) is 5.14. The van der Waals surface area contributed by atoms with Gasteiger partial charge in [-0.2, -0.15) is 0 Å². The van der Waals surface area contributed by atoms with Gasteiger partial charge in [0.25, 0.3) is 5.91 Å². The largest absolute Gasteiger partial charge is 0.496 e. The molecule has 176 valence electrons. The molecule has 0 aliphatic carbocycles. The van der Waals surface area contributed by atoms with E-state index in [-0.39, 0.29) is 5.91 Å². The van der Waals surface area contributed by atoms with E-state index < -0.39 is 11.6 Å². The zero-order valence-electron chi connectivity index (χ0n) is 19.7. The highest BCUT2D eigenvalue weighted by atomic mass is 16.5. The molecule has 0 saturated carbocycles. The first kappa shape index (κ1) is 21.9. The number of rotatable bonds is 7. The van der Waals surface area contributed by atoms with Crippen LogP contribution in [0.25, 0.3) is 0 Å². The number of β-lactam (4-membered cyclic amide) rings is 1. The van der Waals surface area contributed by atoms with Gasteiger partial charge in [0.05, 0.1) is 28.4 Å². The van der Waals surface area contributed by atoms with Crippen molar-refractivity contribution in [1.82, 2.24) is 4.90 Å². The molecule has 3 aromatic rings. The van der Waals surface area contributed by atoms with Crippen molar-refractivity contribution in [2.75, 3.05) is 35.0 Å². The number of amides is 1. The Labute approximate surface area is 198 Å². The molecule has 0 unspecified atom stereocenters. The van der Waals surface area contributed by atoms with E-state index in [0.29, 0.717) is 35.3 Å². The van der Waals surface area contributed by atoms with E-state index in [1.165, 1.54) is 5.56 Å². The zero-order valence-corrected chi connectivity index (χ0v) is 19.7.